The zero-order valence-corrected chi connectivity index (χ0v) is 15.0. The molecular formula is C19H29NO3. The van der Waals surface area contributed by atoms with Gasteiger partial charge in [0.05, 0.1) is 7.11 Å². The van der Waals surface area contributed by atoms with Gasteiger partial charge in [-0.3, -0.25) is 4.79 Å². The second-order valence-corrected chi connectivity index (χ2v) is 6.73. The molecule has 0 spiro atoms. The van der Waals surface area contributed by atoms with Gasteiger partial charge >= 0.3 is 0 Å². The molecule has 1 amide bonds. The molecule has 0 aromatic heterocycles. The zero-order chi connectivity index (χ0) is 17.0. The largest absolute Gasteiger partial charge is 0.496 e. The van der Waals surface area contributed by atoms with E-state index in [1.54, 1.807) is 7.11 Å². The highest BCUT2D eigenvalue weighted by molar-refractivity contribution is 5.97. The molecule has 0 bridgehead atoms. The maximum absolute atomic E-state index is 12.9. The van der Waals surface area contributed by atoms with Crippen LogP contribution >= 0.6 is 0 Å². The van der Waals surface area contributed by atoms with Crippen LogP contribution in [0.1, 0.15) is 50.7 Å². The lowest BCUT2D eigenvalue weighted by Crippen LogP contribution is -2.48. The molecule has 0 saturated heterocycles. The number of nitrogens with one attached hydrogen (secondary N) is 1. The minimum Gasteiger partial charge on any atom is -0.496 e. The van der Waals surface area contributed by atoms with Crippen LogP contribution in [0.15, 0.2) is 12.1 Å². The first kappa shape index (κ1) is 17.8. The molecule has 0 aliphatic heterocycles. The molecule has 1 aromatic rings. The molecule has 1 aromatic carbocycles. The number of rotatable bonds is 5. The molecule has 0 radical (unpaired) electrons. The van der Waals surface area contributed by atoms with Gasteiger partial charge in [-0.05, 0) is 69.2 Å². The molecule has 0 heterocycles. The number of aryl methyl sites for hydroxylation is 2. The Hall–Kier alpha value is -1.55. The quantitative estimate of drug-likeness (QED) is 0.883. The normalized spacial score (nSPS) is 24.3. The predicted molar refractivity (Wildman–Crippen MR) is 93.1 cm³/mol. The summed E-state index contributed by atoms with van der Waals surface area (Å²) in [7, 11) is 1.67. The van der Waals surface area contributed by atoms with E-state index in [-0.39, 0.29) is 5.91 Å². The van der Waals surface area contributed by atoms with E-state index in [0.29, 0.717) is 12.5 Å². The van der Waals surface area contributed by atoms with E-state index in [0.717, 1.165) is 41.8 Å². The predicted octanol–water partition coefficient (Wildman–Crippen LogP) is 4.24. The Kier molecular flexibility index (Phi) is 5.69. The van der Waals surface area contributed by atoms with Crippen molar-refractivity contribution in [2.24, 2.45) is 5.92 Å². The van der Waals surface area contributed by atoms with Crippen molar-refractivity contribution in [3.63, 3.8) is 0 Å². The fourth-order valence-corrected chi connectivity index (χ4v) is 3.77. The minimum atomic E-state index is -0.686. The molecule has 2 atom stereocenters. The average molecular weight is 319 g/mol. The third kappa shape index (κ3) is 3.86. The summed E-state index contributed by atoms with van der Waals surface area (Å²) in [6.07, 6.45) is 3.80. The van der Waals surface area contributed by atoms with Crippen molar-refractivity contribution in [1.29, 1.82) is 0 Å². The van der Waals surface area contributed by atoms with Gasteiger partial charge in [0.2, 0.25) is 0 Å². The van der Waals surface area contributed by atoms with Crippen LogP contribution in [0, 0.1) is 19.8 Å². The van der Waals surface area contributed by atoms with Crippen LogP contribution < -0.4 is 10.1 Å². The molecule has 4 nitrogen and oxygen atoms in total. The molecule has 1 fully saturated rings. The first-order chi connectivity index (χ1) is 10.9. The van der Waals surface area contributed by atoms with Gasteiger partial charge in [-0.2, -0.15) is 0 Å². The van der Waals surface area contributed by atoms with Gasteiger partial charge in [-0.25, -0.2) is 0 Å². The van der Waals surface area contributed by atoms with Gasteiger partial charge in [-0.15, -0.1) is 0 Å². The van der Waals surface area contributed by atoms with Gasteiger partial charge in [0.1, 0.15) is 11.4 Å². The summed E-state index contributed by atoms with van der Waals surface area (Å²) in [5, 5.41) is 3.07. The molecule has 1 N–H and O–H groups in total. The fourth-order valence-electron chi connectivity index (χ4n) is 3.77. The maximum atomic E-state index is 12.9. The number of ether oxygens (including phenoxy) is 2. The Morgan fingerprint density at radius 3 is 2.52 bits per heavy atom. The van der Waals surface area contributed by atoms with Gasteiger partial charge in [0.15, 0.2) is 0 Å². The molecule has 1 saturated carbocycles. The first-order valence-electron chi connectivity index (χ1n) is 8.52. The Bertz CT molecular complexity index is 543. The summed E-state index contributed by atoms with van der Waals surface area (Å²) in [6, 6.07) is 3.91. The highest BCUT2D eigenvalue weighted by atomic mass is 16.5. The molecule has 1 aliphatic rings. The number of carbonyl (C=O) groups is 1. The second-order valence-electron chi connectivity index (χ2n) is 6.73. The molecule has 1 aliphatic carbocycles. The Morgan fingerprint density at radius 2 is 2.00 bits per heavy atom. The van der Waals surface area contributed by atoms with Gasteiger partial charge < -0.3 is 14.8 Å². The lowest BCUT2D eigenvalue weighted by atomic mass is 9.78. The van der Waals surface area contributed by atoms with Gasteiger partial charge in [0, 0.05) is 12.3 Å². The number of methoxy groups -OCH3 is 1. The summed E-state index contributed by atoms with van der Waals surface area (Å²) in [6.45, 7) is 8.68. The van der Waals surface area contributed by atoms with Crippen molar-refractivity contribution in [3.05, 3.63) is 23.3 Å². The molecular weight excluding hydrogens is 290 g/mol. The van der Waals surface area contributed by atoms with E-state index in [2.05, 4.69) is 12.2 Å². The van der Waals surface area contributed by atoms with Crippen LogP contribution in [0.2, 0.25) is 0 Å². The van der Waals surface area contributed by atoms with Gasteiger partial charge in [-0.1, -0.05) is 13.3 Å². The van der Waals surface area contributed by atoms with E-state index in [9.17, 15) is 4.79 Å². The van der Waals surface area contributed by atoms with Crippen molar-refractivity contribution < 1.29 is 14.3 Å². The zero-order valence-electron chi connectivity index (χ0n) is 15.0. The summed E-state index contributed by atoms with van der Waals surface area (Å²) in [5.74, 6) is 1.36. The second kappa shape index (κ2) is 7.35. The Balaban J connectivity index is 2.22. The van der Waals surface area contributed by atoms with E-state index >= 15 is 0 Å². The fraction of sp³-hybridized carbons (Fsp3) is 0.632. The van der Waals surface area contributed by atoms with Crippen molar-refractivity contribution in [1.82, 2.24) is 0 Å². The van der Waals surface area contributed by atoms with E-state index in [4.69, 9.17) is 9.47 Å². The molecule has 128 valence electrons. The van der Waals surface area contributed by atoms with Crippen molar-refractivity contribution in [3.8, 4) is 5.75 Å². The number of amides is 1. The number of carbonyl (C=O) groups excluding carboxylic acids is 1. The monoisotopic (exact) mass is 319 g/mol. The van der Waals surface area contributed by atoms with Crippen LogP contribution in [0.25, 0.3) is 0 Å². The third-order valence-electron chi connectivity index (χ3n) is 4.71. The van der Waals surface area contributed by atoms with Crippen molar-refractivity contribution in [2.45, 2.75) is 59.0 Å². The summed E-state index contributed by atoms with van der Waals surface area (Å²) >= 11 is 0. The number of hydrogen-bond donors (Lipinski definition) is 1. The minimum absolute atomic E-state index is 0.0186. The van der Waals surface area contributed by atoms with Gasteiger partial charge in [0.25, 0.3) is 5.91 Å². The molecule has 2 rings (SSSR count). The van der Waals surface area contributed by atoms with Crippen LogP contribution in [0.3, 0.4) is 0 Å². The van der Waals surface area contributed by atoms with E-state index in [1.807, 2.05) is 32.9 Å². The van der Waals surface area contributed by atoms with Crippen molar-refractivity contribution >= 4 is 11.6 Å². The highest BCUT2D eigenvalue weighted by Gasteiger charge is 2.42. The molecule has 4 heteroatoms. The van der Waals surface area contributed by atoms with Crippen LogP contribution in [-0.2, 0) is 9.53 Å². The van der Waals surface area contributed by atoms with Crippen LogP contribution in [0.4, 0.5) is 5.69 Å². The number of anilines is 1. The molecule has 23 heavy (non-hydrogen) atoms. The lowest BCUT2D eigenvalue weighted by Gasteiger charge is -2.38. The number of hydrogen-bond acceptors (Lipinski definition) is 3. The first-order valence-corrected chi connectivity index (χ1v) is 8.52. The maximum Gasteiger partial charge on any atom is 0.256 e. The lowest BCUT2D eigenvalue weighted by molar-refractivity contribution is -0.147. The Morgan fingerprint density at radius 1 is 1.35 bits per heavy atom. The van der Waals surface area contributed by atoms with E-state index in [1.165, 1.54) is 6.42 Å². The standard InChI is InChI=1S/C19H29NO3/c1-6-23-19(9-7-8-13(2)12-19)18(21)20-16-10-14(3)17(22-5)15(4)11-16/h10-11,13H,6-9,12H2,1-5H3,(H,20,21)/t13-,19-/m0/s1. The summed E-state index contributed by atoms with van der Waals surface area (Å²) < 4.78 is 11.3. The summed E-state index contributed by atoms with van der Waals surface area (Å²) in [4.78, 5) is 12.9. The van der Waals surface area contributed by atoms with E-state index < -0.39 is 5.60 Å². The SMILES string of the molecule is CCO[C@@]1(C(=O)Nc2cc(C)c(OC)c(C)c2)CCC[C@H](C)C1. The van der Waals surface area contributed by atoms with Crippen LogP contribution in [-0.4, -0.2) is 25.2 Å². The smallest absolute Gasteiger partial charge is 0.256 e. The third-order valence-corrected chi connectivity index (χ3v) is 4.71. The number of benzene rings is 1. The Labute approximate surface area is 139 Å². The topological polar surface area (TPSA) is 47.6 Å². The highest BCUT2D eigenvalue weighted by Crippen LogP contribution is 2.36. The summed E-state index contributed by atoms with van der Waals surface area (Å²) in [5.41, 5.74) is 2.16. The van der Waals surface area contributed by atoms with Crippen molar-refractivity contribution in [2.75, 3.05) is 19.0 Å². The molecule has 0 unspecified atom stereocenters. The average Bonchev–Trinajstić information content (AvgIpc) is 2.47. The van der Waals surface area contributed by atoms with Crippen LogP contribution in [0.5, 0.6) is 5.75 Å².